The molecule has 2 rings (SSSR count). The first kappa shape index (κ1) is 11.3. The van der Waals surface area contributed by atoms with Gasteiger partial charge in [-0.15, -0.1) is 0 Å². The second-order valence-corrected chi connectivity index (χ2v) is 3.76. The van der Waals surface area contributed by atoms with Crippen LogP contribution in [-0.2, 0) is 0 Å². The summed E-state index contributed by atoms with van der Waals surface area (Å²) in [5.74, 6) is 0. The monoisotopic (exact) mass is 250 g/mol. The van der Waals surface area contributed by atoms with E-state index in [0.29, 0.717) is 11.3 Å². The van der Waals surface area contributed by atoms with Crippen LogP contribution in [0.4, 0.5) is 5.69 Å². The summed E-state index contributed by atoms with van der Waals surface area (Å²) >= 11 is 5.70. The first-order chi connectivity index (χ1) is 8.08. The molecule has 0 fully saturated rings. The van der Waals surface area contributed by atoms with Gasteiger partial charge in [0.05, 0.1) is 4.92 Å². The molecule has 1 heterocycles. The average molecular weight is 251 g/mol. The van der Waals surface area contributed by atoms with E-state index in [9.17, 15) is 14.9 Å². The number of benzene rings is 1. The fourth-order valence-corrected chi connectivity index (χ4v) is 1.62. The quantitative estimate of drug-likeness (QED) is 0.657. The van der Waals surface area contributed by atoms with Gasteiger partial charge in [0.1, 0.15) is 5.02 Å². The highest BCUT2D eigenvalue weighted by atomic mass is 35.5. The summed E-state index contributed by atoms with van der Waals surface area (Å²) in [5, 5.41) is 10.8. The van der Waals surface area contributed by atoms with Crippen molar-refractivity contribution in [1.82, 2.24) is 4.98 Å². The molecular weight excluding hydrogens is 244 g/mol. The Morgan fingerprint density at radius 3 is 2.65 bits per heavy atom. The number of hydrogen-bond acceptors (Lipinski definition) is 3. The van der Waals surface area contributed by atoms with Crippen molar-refractivity contribution < 1.29 is 4.92 Å². The maximum absolute atomic E-state index is 11.1. The number of aromatic amines is 1. The van der Waals surface area contributed by atoms with Crippen LogP contribution in [0.15, 0.2) is 41.2 Å². The number of nitrogens with one attached hydrogen (secondary N) is 1. The number of H-pyrrole nitrogens is 1. The molecule has 2 aromatic rings. The minimum Gasteiger partial charge on any atom is -0.322 e. The highest BCUT2D eigenvalue weighted by Crippen LogP contribution is 2.28. The number of hydrogen-bond donors (Lipinski definition) is 1. The van der Waals surface area contributed by atoms with Crippen molar-refractivity contribution in [3.8, 4) is 11.3 Å². The van der Waals surface area contributed by atoms with Gasteiger partial charge in [0, 0.05) is 23.4 Å². The van der Waals surface area contributed by atoms with Crippen LogP contribution in [0.5, 0.6) is 0 Å². The summed E-state index contributed by atoms with van der Waals surface area (Å²) in [6.45, 7) is 0. The lowest BCUT2D eigenvalue weighted by molar-refractivity contribution is -0.384. The van der Waals surface area contributed by atoms with Gasteiger partial charge in [-0.25, -0.2) is 0 Å². The van der Waals surface area contributed by atoms with Crippen molar-refractivity contribution in [3.05, 3.63) is 61.9 Å². The molecule has 0 aliphatic carbocycles. The molecule has 1 N–H and O–H groups in total. The van der Waals surface area contributed by atoms with Gasteiger partial charge >= 0.3 is 0 Å². The molecule has 0 aliphatic heterocycles. The molecule has 6 heteroatoms. The van der Waals surface area contributed by atoms with E-state index in [1.165, 1.54) is 18.2 Å². The number of aromatic nitrogens is 1. The molecule has 5 nitrogen and oxygen atoms in total. The van der Waals surface area contributed by atoms with Gasteiger partial charge in [-0.1, -0.05) is 23.7 Å². The van der Waals surface area contributed by atoms with Crippen molar-refractivity contribution in [2.24, 2.45) is 0 Å². The van der Waals surface area contributed by atoms with Gasteiger partial charge < -0.3 is 4.98 Å². The van der Waals surface area contributed by atoms with E-state index in [0.717, 1.165) is 0 Å². The van der Waals surface area contributed by atoms with Gasteiger partial charge in [-0.3, -0.25) is 14.9 Å². The fourth-order valence-electron chi connectivity index (χ4n) is 1.44. The van der Waals surface area contributed by atoms with Crippen LogP contribution >= 0.6 is 11.6 Å². The number of halogens is 1. The molecule has 0 saturated heterocycles. The third-order valence-electron chi connectivity index (χ3n) is 2.22. The minimum absolute atomic E-state index is 0.0667. The molecule has 1 aromatic carbocycles. The molecule has 0 aliphatic rings. The number of nitro groups is 1. The zero-order valence-corrected chi connectivity index (χ0v) is 9.27. The summed E-state index contributed by atoms with van der Waals surface area (Å²) in [7, 11) is 0. The molecule has 86 valence electrons. The largest absolute Gasteiger partial charge is 0.322 e. The highest BCUT2D eigenvalue weighted by molar-refractivity contribution is 6.32. The Morgan fingerprint density at radius 2 is 2.00 bits per heavy atom. The Balaban J connectivity index is 2.57. The molecule has 1 aromatic heterocycles. The molecular formula is C11H7ClN2O3. The summed E-state index contributed by atoms with van der Waals surface area (Å²) in [6, 6.07) is 8.98. The zero-order chi connectivity index (χ0) is 12.4. The fraction of sp³-hybridized carbons (Fsp3) is 0. The third kappa shape index (κ3) is 2.34. The Hall–Kier alpha value is -2.14. The first-order valence-corrected chi connectivity index (χ1v) is 5.09. The van der Waals surface area contributed by atoms with Crippen molar-refractivity contribution in [3.63, 3.8) is 0 Å². The van der Waals surface area contributed by atoms with E-state index in [2.05, 4.69) is 4.98 Å². The van der Waals surface area contributed by atoms with E-state index in [1.54, 1.807) is 18.2 Å². The van der Waals surface area contributed by atoms with Crippen molar-refractivity contribution >= 4 is 17.3 Å². The van der Waals surface area contributed by atoms with Crippen LogP contribution in [0, 0.1) is 10.1 Å². The van der Waals surface area contributed by atoms with Crippen LogP contribution in [0.1, 0.15) is 0 Å². The summed E-state index contributed by atoms with van der Waals surface area (Å²) < 4.78 is 0. The predicted octanol–water partition coefficient (Wildman–Crippen LogP) is 2.60. The van der Waals surface area contributed by atoms with Gasteiger partial charge in [-0.2, -0.15) is 0 Å². The number of nitrogens with zero attached hydrogens (tertiary/aromatic N) is 1. The molecule has 17 heavy (non-hydrogen) atoms. The first-order valence-electron chi connectivity index (χ1n) is 4.71. The third-order valence-corrected chi connectivity index (χ3v) is 2.54. The normalized spacial score (nSPS) is 10.2. The maximum Gasteiger partial charge on any atom is 0.288 e. The van der Waals surface area contributed by atoms with Crippen LogP contribution in [-0.4, -0.2) is 9.91 Å². The molecule has 0 unspecified atom stereocenters. The van der Waals surface area contributed by atoms with Crippen LogP contribution in [0.3, 0.4) is 0 Å². The van der Waals surface area contributed by atoms with Gasteiger partial charge in [-0.05, 0) is 12.1 Å². The Labute approximate surface area is 101 Å². The summed E-state index contributed by atoms with van der Waals surface area (Å²) in [5.41, 5.74) is 0.602. The number of nitro benzene ring substituents is 1. The zero-order valence-electron chi connectivity index (χ0n) is 8.51. The Kier molecular flexibility index (Phi) is 2.93. The van der Waals surface area contributed by atoms with Gasteiger partial charge in [0.2, 0.25) is 5.56 Å². The van der Waals surface area contributed by atoms with Gasteiger partial charge in [0.25, 0.3) is 5.69 Å². The van der Waals surface area contributed by atoms with Crippen molar-refractivity contribution in [2.45, 2.75) is 0 Å². The smallest absolute Gasteiger partial charge is 0.288 e. The molecule has 0 spiro atoms. The molecule has 0 amide bonds. The predicted molar refractivity (Wildman–Crippen MR) is 64.2 cm³/mol. The average Bonchev–Trinajstić information content (AvgIpc) is 2.29. The van der Waals surface area contributed by atoms with Crippen LogP contribution < -0.4 is 5.56 Å². The molecule has 0 atom stereocenters. The molecule has 0 bridgehead atoms. The van der Waals surface area contributed by atoms with E-state index >= 15 is 0 Å². The highest BCUT2D eigenvalue weighted by Gasteiger charge is 2.13. The van der Waals surface area contributed by atoms with Crippen LogP contribution in [0.2, 0.25) is 5.02 Å². The summed E-state index contributed by atoms with van der Waals surface area (Å²) in [4.78, 5) is 23.9. The lowest BCUT2D eigenvalue weighted by Gasteiger charge is -2.02. The second-order valence-electron chi connectivity index (χ2n) is 3.35. The lowest BCUT2D eigenvalue weighted by atomic mass is 10.1. The van der Waals surface area contributed by atoms with E-state index in [-0.39, 0.29) is 16.3 Å². The summed E-state index contributed by atoms with van der Waals surface area (Å²) in [6.07, 6.45) is 0. The topological polar surface area (TPSA) is 76.0 Å². The van der Waals surface area contributed by atoms with Crippen molar-refractivity contribution in [1.29, 1.82) is 0 Å². The van der Waals surface area contributed by atoms with Crippen molar-refractivity contribution in [2.75, 3.05) is 0 Å². The van der Waals surface area contributed by atoms with E-state index in [4.69, 9.17) is 11.6 Å². The second kappa shape index (κ2) is 4.39. The minimum atomic E-state index is -0.563. The number of pyridine rings is 1. The maximum atomic E-state index is 11.1. The molecule has 0 saturated carbocycles. The Bertz CT molecular complexity index is 637. The van der Waals surface area contributed by atoms with Crippen LogP contribution in [0.25, 0.3) is 11.3 Å². The standard InChI is InChI=1S/C11H7ClN2O3/c12-8-5-4-7(6-10(8)14(16)17)9-2-1-3-11(15)13-9/h1-6H,(H,13,15). The lowest BCUT2D eigenvalue weighted by Crippen LogP contribution is -2.03. The van der Waals surface area contributed by atoms with E-state index < -0.39 is 4.92 Å². The number of rotatable bonds is 2. The Morgan fingerprint density at radius 1 is 1.24 bits per heavy atom. The molecule has 0 radical (unpaired) electrons. The van der Waals surface area contributed by atoms with Gasteiger partial charge in [0.15, 0.2) is 0 Å². The SMILES string of the molecule is O=c1cccc(-c2ccc(Cl)c([N+](=O)[O-])c2)[nH]1. The van der Waals surface area contributed by atoms with E-state index in [1.807, 2.05) is 0 Å².